The molecule has 0 aliphatic carbocycles. The average Bonchev–Trinajstić information content (AvgIpc) is 1.77. The molecule has 0 aliphatic rings. The summed E-state index contributed by atoms with van der Waals surface area (Å²) >= 11 is 1.51. The van der Waals surface area contributed by atoms with Crippen molar-refractivity contribution in [1.82, 2.24) is 0 Å². The van der Waals surface area contributed by atoms with Crippen LogP contribution in [0, 0.1) is 5.82 Å². The number of hydrogen-bond donors (Lipinski definition) is 0. The van der Waals surface area contributed by atoms with Crippen molar-refractivity contribution in [3.63, 3.8) is 0 Å². The summed E-state index contributed by atoms with van der Waals surface area (Å²) < 4.78 is 13.2. The Balaban J connectivity index is 3.03. The quantitative estimate of drug-likeness (QED) is 0.486. The Morgan fingerprint density at radius 3 is 2.00 bits per heavy atom. The first kappa shape index (κ1) is 5.84. The summed E-state index contributed by atoms with van der Waals surface area (Å²) in [4.78, 5) is 0. The average molecular weight is 172 g/mol. The Labute approximate surface area is 56.2 Å². The van der Waals surface area contributed by atoms with Crippen molar-refractivity contribution >= 4 is 21.2 Å². The SMILES string of the molecule is Fc1ccc([AsH2])cc1. The maximum absolute atomic E-state index is 12.1. The normalized spacial score (nSPS) is 9.25. The van der Waals surface area contributed by atoms with Gasteiger partial charge in [0.2, 0.25) is 0 Å². The van der Waals surface area contributed by atoms with Crippen LogP contribution < -0.4 is 4.35 Å². The molecule has 1 aromatic rings. The second-order valence-electron chi connectivity index (χ2n) is 1.55. The molecule has 1 rings (SSSR count). The predicted octanol–water partition coefficient (Wildman–Crippen LogP) is 0.0841. The summed E-state index contributed by atoms with van der Waals surface area (Å²) in [5.74, 6) is -0.161. The van der Waals surface area contributed by atoms with Crippen LogP contribution in [0.15, 0.2) is 24.3 Å². The monoisotopic (exact) mass is 172 g/mol. The molecule has 0 amide bonds. The Morgan fingerprint density at radius 1 is 1.12 bits per heavy atom. The molecule has 0 aromatic heterocycles. The van der Waals surface area contributed by atoms with Crippen LogP contribution in [0.3, 0.4) is 0 Å². The van der Waals surface area contributed by atoms with Crippen LogP contribution in [-0.4, -0.2) is 16.9 Å². The Morgan fingerprint density at radius 2 is 1.62 bits per heavy atom. The molecule has 0 heterocycles. The first-order valence-electron chi connectivity index (χ1n) is 2.30. The van der Waals surface area contributed by atoms with Gasteiger partial charge in [0.25, 0.3) is 0 Å². The fourth-order valence-electron chi connectivity index (χ4n) is 0.463. The molecule has 0 bridgehead atoms. The molecule has 0 N–H and O–H groups in total. The van der Waals surface area contributed by atoms with Gasteiger partial charge in [0.15, 0.2) is 0 Å². The van der Waals surface area contributed by atoms with Gasteiger partial charge in [-0.25, -0.2) is 0 Å². The number of halogens is 1. The molecule has 8 heavy (non-hydrogen) atoms. The zero-order valence-corrected chi connectivity index (χ0v) is 6.69. The molecule has 0 aliphatic heterocycles. The zero-order valence-electron chi connectivity index (χ0n) is 4.26. The molecule has 0 fully saturated rings. The molecular weight excluding hydrogens is 166 g/mol. The summed E-state index contributed by atoms with van der Waals surface area (Å²) in [7, 11) is 0. The third-order valence-electron chi connectivity index (χ3n) is 0.870. The van der Waals surface area contributed by atoms with Gasteiger partial charge in [-0.2, -0.15) is 0 Å². The molecule has 1 aromatic carbocycles. The van der Waals surface area contributed by atoms with Crippen molar-refractivity contribution in [1.29, 1.82) is 0 Å². The van der Waals surface area contributed by atoms with Gasteiger partial charge in [-0.3, -0.25) is 0 Å². The van der Waals surface area contributed by atoms with E-state index in [4.69, 9.17) is 0 Å². The van der Waals surface area contributed by atoms with Crippen LogP contribution in [-0.2, 0) is 0 Å². The van der Waals surface area contributed by atoms with Gasteiger partial charge in [-0.05, 0) is 0 Å². The summed E-state index contributed by atoms with van der Waals surface area (Å²) in [5.41, 5.74) is 0. The number of benzene rings is 1. The Kier molecular flexibility index (Phi) is 1.69. The van der Waals surface area contributed by atoms with E-state index < -0.39 is 0 Å². The first-order chi connectivity index (χ1) is 3.79. The van der Waals surface area contributed by atoms with Crippen molar-refractivity contribution in [3.05, 3.63) is 30.1 Å². The summed E-state index contributed by atoms with van der Waals surface area (Å²) in [5, 5.41) is 0. The van der Waals surface area contributed by atoms with Gasteiger partial charge in [0.05, 0.1) is 0 Å². The van der Waals surface area contributed by atoms with Crippen molar-refractivity contribution in [2.75, 3.05) is 0 Å². The van der Waals surface area contributed by atoms with E-state index in [0.717, 1.165) is 4.35 Å². The topological polar surface area (TPSA) is 0 Å². The third kappa shape index (κ3) is 1.34. The minimum absolute atomic E-state index is 0.161. The zero-order chi connectivity index (χ0) is 5.98. The van der Waals surface area contributed by atoms with Crippen LogP contribution >= 0.6 is 0 Å². The van der Waals surface area contributed by atoms with E-state index in [1.165, 1.54) is 29.0 Å². The fourth-order valence-corrected chi connectivity index (χ4v) is 0.867. The third-order valence-corrected chi connectivity index (χ3v) is 1.68. The Hall–Kier alpha value is -0.292. The van der Waals surface area contributed by atoms with Crippen molar-refractivity contribution in [2.45, 2.75) is 0 Å². The fraction of sp³-hybridized carbons (Fsp3) is 0. The number of rotatable bonds is 0. The molecule has 2 heteroatoms. The Bertz CT molecular complexity index is 147. The van der Waals surface area contributed by atoms with E-state index in [9.17, 15) is 4.39 Å². The van der Waals surface area contributed by atoms with E-state index >= 15 is 0 Å². The second-order valence-corrected chi connectivity index (χ2v) is 2.95. The minimum atomic E-state index is -0.161. The molecule has 0 saturated carbocycles. The first-order valence-corrected chi connectivity index (χ1v) is 3.51. The predicted molar refractivity (Wildman–Crippen MR) is 34.6 cm³/mol. The summed E-state index contributed by atoms with van der Waals surface area (Å²) in [6.45, 7) is 0. The molecule has 0 spiro atoms. The van der Waals surface area contributed by atoms with E-state index in [1.54, 1.807) is 12.1 Å². The van der Waals surface area contributed by atoms with Gasteiger partial charge >= 0.3 is 55.7 Å². The van der Waals surface area contributed by atoms with E-state index in [0.29, 0.717) is 0 Å². The van der Waals surface area contributed by atoms with Gasteiger partial charge in [-0.1, -0.05) is 0 Å². The summed E-state index contributed by atoms with van der Waals surface area (Å²) in [6, 6.07) is 6.48. The number of hydrogen-bond acceptors (Lipinski definition) is 0. The van der Waals surface area contributed by atoms with Gasteiger partial charge in [-0.15, -0.1) is 0 Å². The molecule has 0 saturated heterocycles. The molecule has 1 unspecified atom stereocenters. The van der Waals surface area contributed by atoms with E-state index in [-0.39, 0.29) is 5.82 Å². The van der Waals surface area contributed by atoms with Gasteiger partial charge in [0.1, 0.15) is 0 Å². The maximum atomic E-state index is 12.1. The van der Waals surface area contributed by atoms with Crippen molar-refractivity contribution < 1.29 is 4.39 Å². The molecule has 1 atom stereocenters. The molecule has 0 radical (unpaired) electrons. The van der Waals surface area contributed by atoms with Crippen LogP contribution in [0.25, 0.3) is 0 Å². The second kappa shape index (κ2) is 2.32. The van der Waals surface area contributed by atoms with E-state index in [2.05, 4.69) is 0 Å². The summed E-state index contributed by atoms with van der Waals surface area (Å²) in [6.07, 6.45) is 0. The molecule has 42 valence electrons. The standard InChI is InChI=1S/C6H6AsF/c7-5-1-3-6(8)4-2-5/h1-4H,7H2. The van der Waals surface area contributed by atoms with E-state index in [1.807, 2.05) is 0 Å². The van der Waals surface area contributed by atoms with Crippen molar-refractivity contribution in [2.24, 2.45) is 0 Å². The van der Waals surface area contributed by atoms with Gasteiger partial charge < -0.3 is 0 Å². The molecular formula is C6H6AsF. The van der Waals surface area contributed by atoms with Crippen LogP contribution in [0.1, 0.15) is 0 Å². The van der Waals surface area contributed by atoms with Crippen LogP contribution in [0.5, 0.6) is 0 Å². The molecule has 0 nitrogen and oxygen atoms in total. The van der Waals surface area contributed by atoms with Gasteiger partial charge in [0, 0.05) is 0 Å². The van der Waals surface area contributed by atoms with Crippen LogP contribution in [0.2, 0.25) is 0 Å². The van der Waals surface area contributed by atoms with Crippen molar-refractivity contribution in [3.8, 4) is 0 Å². The van der Waals surface area contributed by atoms with Crippen LogP contribution in [0.4, 0.5) is 4.39 Å².